The Hall–Kier alpha value is -2.14. The number of nitrogens with zero attached hydrogens (tertiary/aromatic N) is 4. The lowest BCUT2D eigenvalue weighted by Crippen LogP contribution is -2.49. The Morgan fingerprint density at radius 1 is 1.08 bits per heavy atom. The first-order chi connectivity index (χ1) is 12.5. The molecule has 0 atom stereocenters. The van der Waals surface area contributed by atoms with Gasteiger partial charge < -0.3 is 9.80 Å². The third kappa shape index (κ3) is 3.98. The van der Waals surface area contributed by atoms with Gasteiger partial charge in [0.2, 0.25) is 5.91 Å². The highest BCUT2D eigenvalue weighted by Gasteiger charge is 2.23. The molecule has 138 valence electrons. The molecule has 5 nitrogen and oxygen atoms in total. The van der Waals surface area contributed by atoms with E-state index in [1.807, 2.05) is 43.0 Å². The van der Waals surface area contributed by atoms with Crippen LogP contribution >= 0.6 is 11.6 Å². The molecule has 1 amide bonds. The largest absolute Gasteiger partial charge is 0.353 e. The molecule has 0 saturated carbocycles. The van der Waals surface area contributed by atoms with Gasteiger partial charge in [0, 0.05) is 54.4 Å². The number of benzene rings is 1. The SMILES string of the molecule is CCCC(=O)N1CCN(c2nc(-c3ccc(Cl)cc3)nc(C)c2C)CC1. The molecule has 1 aromatic heterocycles. The molecule has 1 aromatic carbocycles. The van der Waals surface area contributed by atoms with E-state index >= 15 is 0 Å². The van der Waals surface area contributed by atoms with E-state index in [2.05, 4.69) is 16.8 Å². The molecule has 1 aliphatic heterocycles. The summed E-state index contributed by atoms with van der Waals surface area (Å²) in [4.78, 5) is 25.8. The number of amides is 1. The topological polar surface area (TPSA) is 49.3 Å². The molecule has 0 radical (unpaired) electrons. The third-order valence-electron chi connectivity index (χ3n) is 4.86. The van der Waals surface area contributed by atoms with Crippen LogP contribution in [0.4, 0.5) is 5.82 Å². The second-order valence-electron chi connectivity index (χ2n) is 6.71. The lowest BCUT2D eigenvalue weighted by Gasteiger charge is -2.36. The lowest BCUT2D eigenvalue weighted by molar-refractivity contribution is -0.131. The quantitative estimate of drug-likeness (QED) is 0.817. The number of rotatable bonds is 4. The zero-order valence-electron chi connectivity index (χ0n) is 15.6. The van der Waals surface area contributed by atoms with E-state index in [-0.39, 0.29) is 5.91 Å². The smallest absolute Gasteiger partial charge is 0.222 e. The number of halogens is 1. The van der Waals surface area contributed by atoms with Crippen molar-refractivity contribution in [1.29, 1.82) is 0 Å². The fraction of sp³-hybridized carbons (Fsp3) is 0.450. The van der Waals surface area contributed by atoms with E-state index in [1.165, 1.54) is 0 Å². The van der Waals surface area contributed by atoms with Crippen LogP contribution in [0.3, 0.4) is 0 Å². The molecular formula is C20H25ClN4O. The Balaban J connectivity index is 1.82. The summed E-state index contributed by atoms with van der Waals surface area (Å²) in [5.41, 5.74) is 3.02. The van der Waals surface area contributed by atoms with E-state index in [0.717, 1.165) is 55.2 Å². The van der Waals surface area contributed by atoms with Crippen LogP contribution in [0.15, 0.2) is 24.3 Å². The first kappa shape index (κ1) is 18.6. The molecule has 26 heavy (non-hydrogen) atoms. The Morgan fingerprint density at radius 3 is 2.35 bits per heavy atom. The van der Waals surface area contributed by atoms with Gasteiger partial charge in [-0.3, -0.25) is 4.79 Å². The van der Waals surface area contributed by atoms with E-state index in [1.54, 1.807) is 0 Å². The van der Waals surface area contributed by atoms with E-state index in [0.29, 0.717) is 17.3 Å². The van der Waals surface area contributed by atoms with Crippen LogP contribution < -0.4 is 4.90 Å². The Kier molecular flexibility index (Phi) is 5.77. The van der Waals surface area contributed by atoms with Crippen molar-refractivity contribution >= 4 is 23.3 Å². The van der Waals surface area contributed by atoms with Gasteiger partial charge in [0.1, 0.15) is 5.82 Å². The van der Waals surface area contributed by atoms with Crippen LogP contribution in [-0.2, 0) is 4.79 Å². The standard InChI is InChI=1S/C20H25ClN4O/c1-4-5-18(26)24-10-12-25(13-11-24)20-14(2)15(3)22-19(23-20)16-6-8-17(21)9-7-16/h6-9H,4-5,10-13H2,1-3H3. The van der Waals surface area contributed by atoms with Crippen molar-refractivity contribution in [3.63, 3.8) is 0 Å². The first-order valence-corrected chi connectivity index (χ1v) is 9.51. The molecule has 0 unspecified atom stereocenters. The predicted molar refractivity (Wildman–Crippen MR) is 106 cm³/mol. The highest BCUT2D eigenvalue weighted by atomic mass is 35.5. The van der Waals surface area contributed by atoms with Crippen molar-refractivity contribution in [2.75, 3.05) is 31.1 Å². The average molecular weight is 373 g/mol. The second kappa shape index (κ2) is 8.04. The molecule has 2 aromatic rings. The van der Waals surface area contributed by atoms with E-state index < -0.39 is 0 Å². The fourth-order valence-electron chi connectivity index (χ4n) is 3.19. The van der Waals surface area contributed by atoms with Gasteiger partial charge in [-0.2, -0.15) is 0 Å². The minimum Gasteiger partial charge on any atom is -0.353 e. The molecule has 0 bridgehead atoms. The summed E-state index contributed by atoms with van der Waals surface area (Å²) >= 11 is 5.99. The minimum absolute atomic E-state index is 0.254. The molecular weight excluding hydrogens is 348 g/mol. The molecule has 1 fully saturated rings. The Morgan fingerprint density at radius 2 is 1.73 bits per heavy atom. The highest BCUT2D eigenvalue weighted by molar-refractivity contribution is 6.30. The number of hydrogen-bond donors (Lipinski definition) is 0. The van der Waals surface area contributed by atoms with Crippen LogP contribution in [0.1, 0.15) is 31.0 Å². The van der Waals surface area contributed by atoms with Crippen LogP contribution in [0.2, 0.25) is 5.02 Å². The van der Waals surface area contributed by atoms with Crippen LogP contribution in [0, 0.1) is 13.8 Å². The number of piperazine rings is 1. The Labute approximate surface area is 160 Å². The molecule has 6 heteroatoms. The van der Waals surface area contributed by atoms with Gasteiger partial charge in [-0.1, -0.05) is 18.5 Å². The number of carbonyl (C=O) groups is 1. The number of anilines is 1. The van der Waals surface area contributed by atoms with Gasteiger partial charge in [0.25, 0.3) is 0 Å². The maximum Gasteiger partial charge on any atom is 0.222 e. The van der Waals surface area contributed by atoms with Gasteiger partial charge >= 0.3 is 0 Å². The van der Waals surface area contributed by atoms with E-state index in [4.69, 9.17) is 16.6 Å². The maximum absolute atomic E-state index is 12.1. The van der Waals surface area contributed by atoms with Crippen molar-refractivity contribution in [2.45, 2.75) is 33.6 Å². The molecule has 0 N–H and O–H groups in total. The maximum atomic E-state index is 12.1. The van der Waals surface area contributed by atoms with Crippen molar-refractivity contribution in [1.82, 2.24) is 14.9 Å². The summed E-state index contributed by atoms with van der Waals surface area (Å²) in [6.07, 6.45) is 1.53. The van der Waals surface area contributed by atoms with Crippen molar-refractivity contribution in [2.24, 2.45) is 0 Å². The van der Waals surface area contributed by atoms with Gasteiger partial charge in [0.05, 0.1) is 0 Å². The van der Waals surface area contributed by atoms with Crippen LogP contribution in [-0.4, -0.2) is 47.0 Å². The summed E-state index contributed by atoms with van der Waals surface area (Å²) in [5, 5.41) is 0.700. The molecule has 1 aliphatic rings. The second-order valence-corrected chi connectivity index (χ2v) is 7.14. The van der Waals surface area contributed by atoms with Crippen molar-refractivity contribution in [3.05, 3.63) is 40.5 Å². The summed E-state index contributed by atoms with van der Waals surface area (Å²) in [7, 11) is 0. The predicted octanol–water partition coefficient (Wildman–Crippen LogP) is 3.86. The lowest BCUT2D eigenvalue weighted by atomic mass is 10.1. The monoisotopic (exact) mass is 372 g/mol. The van der Waals surface area contributed by atoms with E-state index in [9.17, 15) is 4.79 Å². The summed E-state index contributed by atoms with van der Waals surface area (Å²) in [5.74, 6) is 1.93. The minimum atomic E-state index is 0.254. The first-order valence-electron chi connectivity index (χ1n) is 9.13. The number of aryl methyl sites for hydroxylation is 1. The van der Waals surface area contributed by atoms with Gasteiger partial charge in [-0.25, -0.2) is 9.97 Å². The van der Waals surface area contributed by atoms with Crippen molar-refractivity contribution in [3.8, 4) is 11.4 Å². The van der Waals surface area contributed by atoms with Crippen LogP contribution in [0.25, 0.3) is 11.4 Å². The zero-order chi connectivity index (χ0) is 18.7. The Bertz CT molecular complexity index is 783. The normalized spacial score (nSPS) is 14.6. The summed E-state index contributed by atoms with van der Waals surface area (Å²) < 4.78 is 0. The molecule has 0 aliphatic carbocycles. The average Bonchev–Trinajstić information content (AvgIpc) is 2.65. The molecule has 3 rings (SSSR count). The number of aromatic nitrogens is 2. The van der Waals surface area contributed by atoms with Gasteiger partial charge in [-0.15, -0.1) is 0 Å². The summed E-state index contributed by atoms with van der Waals surface area (Å²) in [6.45, 7) is 9.21. The fourth-order valence-corrected chi connectivity index (χ4v) is 3.32. The number of hydrogen-bond acceptors (Lipinski definition) is 4. The summed E-state index contributed by atoms with van der Waals surface area (Å²) in [6, 6.07) is 7.59. The van der Waals surface area contributed by atoms with Crippen LogP contribution in [0.5, 0.6) is 0 Å². The highest BCUT2D eigenvalue weighted by Crippen LogP contribution is 2.26. The zero-order valence-corrected chi connectivity index (χ0v) is 16.4. The molecule has 2 heterocycles. The molecule has 1 saturated heterocycles. The number of carbonyl (C=O) groups excluding carboxylic acids is 1. The van der Waals surface area contributed by atoms with Crippen molar-refractivity contribution < 1.29 is 4.79 Å². The van der Waals surface area contributed by atoms with Gasteiger partial charge in [-0.05, 0) is 44.5 Å². The third-order valence-corrected chi connectivity index (χ3v) is 5.11. The molecule has 0 spiro atoms. The van der Waals surface area contributed by atoms with Gasteiger partial charge in [0.15, 0.2) is 5.82 Å².